The lowest BCUT2D eigenvalue weighted by Crippen LogP contribution is -2.14. The van der Waals surface area contributed by atoms with Crippen molar-refractivity contribution in [3.8, 4) is 0 Å². The highest BCUT2D eigenvalue weighted by atomic mass is 35.5. The average Bonchev–Trinajstić information content (AvgIpc) is 2.84. The molecule has 3 aromatic rings. The number of amides is 1. The Labute approximate surface area is 157 Å². The quantitative estimate of drug-likeness (QED) is 0.476. The zero-order valence-electron chi connectivity index (χ0n) is 12.9. The molecule has 1 aromatic carbocycles. The minimum Gasteiger partial charge on any atom is -0.325 e. The first kappa shape index (κ1) is 17.5. The largest absolute Gasteiger partial charge is 0.325 e. The normalized spacial score (nSPS) is 11.0. The molecule has 0 unspecified atom stereocenters. The smallest absolute Gasteiger partial charge is 0.234 e. The summed E-state index contributed by atoms with van der Waals surface area (Å²) in [5.74, 6) is 0.121. The Morgan fingerprint density at radius 2 is 2.04 bits per heavy atom. The van der Waals surface area contributed by atoms with E-state index in [1.54, 1.807) is 29.5 Å². The van der Waals surface area contributed by atoms with Gasteiger partial charge in [-0.2, -0.15) is 0 Å². The summed E-state index contributed by atoms with van der Waals surface area (Å²) in [6.45, 7) is 4.12. The number of anilines is 1. The molecule has 0 aliphatic carbocycles. The first-order chi connectivity index (χ1) is 11.5. The maximum Gasteiger partial charge on any atom is 0.234 e. The molecule has 124 valence electrons. The zero-order chi connectivity index (χ0) is 17.3. The van der Waals surface area contributed by atoms with Crippen LogP contribution in [0.15, 0.2) is 29.6 Å². The Hall–Kier alpha value is -1.34. The molecule has 2 heterocycles. The van der Waals surface area contributed by atoms with Gasteiger partial charge in [0.25, 0.3) is 0 Å². The summed E-state index contributed by atoms with van der Waals surface area (Å²) >= 11 is 14.9. The van der Waals surface area contributed by atoms with Gasteiger partial charge in [0.05, 0.1) is 15.8 Å². The number of fused-ring (bicyclic) bond motifs is 1. The zero-order valence-corrected chi connectivity index (χ0v) is 16.0. The van der Waals surface area contributed by atoms with Crippen LogP contribution in [0.4, 0.5) is 5.69 Å². The van der Waals surface area contributed by atoms with Gasteiger partial charge >= 0.3 is 0 Å². The van der Waals surface area contributed by atoms with Crippen molar-refractivity contribution in [1.82, 2.24) is 9.97 Å². The van der Waals surface area contributed by atoms with Gasteiger partial charge in [0.15, 0.2) is 0 Å². The molecular weight excluding hydrogens is 385 g/mol. The van der Waals surface area contributed by atoms with Gasteiger partial charge in [-0.1, -0.05) is 35.0 Å². The second-order valence-electron chi connectivity index (χ2n) is 5.11. The predicted octanol–water partition coefficient (Wildman–Crippen LogP) is 5.35. The average molecular weight is 398 g/mol. The first-order valence-electron chi connectivity index (χ1n) is 7.04. The molecule has 0 saturated carbocycles. The number of halogens is 2. The van der Waals surface area contributed by atoms with Gasteiger partial charge in [-0.05, 0) is 37.6 Å². The number of carbonyl (C=O) groups excluding carboxylic acids is 1. The van der Waals surface area contributed by atoms with Crippen LogP contribution in [0.1, 0.15) is 10.4 Å². The lowest BCUT2D eigenvalue weighted by atomic mass is 10.2. The van der Waals surface area contributed by atoms with Crippen molar-refractivity contribution in [2.75, 3.05) is 11.1 Å². The lowest BCUT2D eigenvalue weighted by molar-refractivity contribution is -0.113. The predicted molar refractivity (Wildman–Crippen MR) is 103 cm³/mol. The number of nitrogens with one attached hydrogen (secondary N) is 1. The molecule has 0 atom stereocenters. The third-order valence-corrected chi connectivity index (χ3v) is 6.32. The third-order valence-electron chi connectivity index (χ3n) is 3.47. The number of carbonyl (C=O) groups is 1. The van der Waals surface area contributed by atoms with Gasteiger partial charge in [-0.15, -0.1) is 11.3 Å². The maximum atomic E-state index is 12.2. The van der Waals surface area contributed by atoms with Gasteiger partial charge in [-0.3, -0.25) is 4.79 Å². The van der Waals surface area contributed by atoms with E-state index in [0.717, 1.165) is 15.2 Å². The van der Waals surface area contributed by atoms with Crippen molar-refractivity contribution in [1.29, 1.82) is 0 Å². The monoisotopic (exact) mass is 397 g/mol. The topological polar surface area (TPSA) is 54.9 Å². The van der Waals surface area contributed by atoms with Crippen LogP contribution in [0.25, 0.3) is 10.2 Å². The molecule has 24 heavy (non-hydrogen) atoms. The SMILES string of the molecule is Cc1sc2ncnc(SCC(=O)Nc3ccc(Cl)c(Cl)c3)c2c1C. The minimum atomic E-state index is -0.130. The van der Waals surface area contributed by atoms with E-state index in [-0.39, 0.29) is 11.7 Å². The molecule has 0 radical (unpaired) electrons. The van der Waals surface area contributed by atoms with E-state index in [0.29, 0.717) is 15.7 Å². The fourth-order valence-electron chi connectivity index (χ4n) is 2.16. The highest BCUT2D eigenvalue weighted by molar-refractivity contribution is 8.00. The molecule has 0 aliphatic rings. The van der Waals surface area contributed by atoms with E-state index in [2.05, 4.69) is 29.1 Å². The summed E-state index contributed by atoms with van der Waals surface area (Å²) in [5, 5.41) is 5.52. The fourth-order valence-corrected chi connectivity index (χ4v) is 4.38. The molecule has 0 aliphatic heterocycles. The Kier molecular flexibility index (Phi) is 5.30. The van der Waals surface area contributed by atoms with Crippen LogP contribution in [0.2, 0.25) is 10.0 Å². The number of aryl methyl sites for hydroxylation is 2. The van der Waals surface area contributed by atoms with Crippen LogP contribution in [0, 0.1) is 13.8 Å². The second kappa shape index (κ2) is 7.27. The van der Waals surface area contributed by atoms with E-state index in [9.17, 15) is 4.79 Å². The van der Waals surface area contributed by atoms with Crippen molar-refractivity contribution in [2.45, 2.75) is 18.9 Å². The van der Waals surface area contributed by atoms with Gasteiger partial charge < -0.3 is 5.32 Å². The standard InChI is InChI=1S/C16H13Cl2N3OS2/c1-8-9(2)24-16-14(8)15(19-7-20-16)23-6-13(22)21-10-3-4-11(17)12(18)5-10/h3-5,7H,6H2,1-2H3,(H,21,22). The molecule has 0 fully saturated rings. The van der Waals surface area contributed by atoms with Crippen LogP contribution < -0.4 is 5.32 Å². The van der Waals surface area contributed by atoms with E-state index in [1.807, 2.05) is 0 Å². The molecule has 1 amide bonds. The minimum absolute atomic E-state index is 0.130. The second-order valence-corrected chi connectivity index (χ2v) is 8.09. The molecular formula is C16H13Cl2N3OS2. The van der Waals surface area contributed by atoms with Crippen molar-refractivity contribution < 1.29 is 4.79 Å². The molecule has 2 aromatic heterocycles. The van der Waals surface area contributed by atoms with Crippen LogP contribution in [-0.2, 0) is 4.79 Å². The van der Waals surface area contributed by atoms with Crippen molar-refractivity contribution in [3.05, 3.63) is 45.0 Å². The number of hydrogen-bond donors (Lipinski definition) is 1. The molecule has 4 nitrogen and oxygen atoms in total. The highest BCUT2D eigenvalue weighted by Crippen LogP contribution is 2.34. The summed E-state index contributed by atoms with van der Waals surface area (Å²) in [5.41, 5.74) is 1.79. The van der Waals surface area contributed by atoms with Gasteiger partial charge in [0.2, 0.25) is 5.91 Å². The summed E-state index contributed by atoms with van der Waals surface area (Å²) in [6.07, 6.45) is 1.54. The van der Waals surface area contributed by atoms with Crippen LogP contribution in [-0.4, -0.2) is 21.6 Å². The summed E-state index contributed by atoms with van der Waals surface area (Å²) in [6, 6.07) is 4.99. The van der Waals surface area contributed by atoms with E-state index in [4.69, 9.17) is 23.2 Å². The molecule has 3 rings (SSSR count). The Morgan fingerprint density at radius 1 is 1.25 bits per heavy atom. The van der Waals surface area contributed by atoms with E-state index in [1.165, 1.54) is 28.5 Å². The lowest BCUT2D eigenvalue weighted by Gasteiger charge is -2.07. The number of hydrogen-bond acceptors (Lipinski definition) is 5. The van der Waals surface area contributed by atoms with E-state index < -0.39 is 0 Å². The van der Waals surface area contributed by atoms with Gasteiger partial charge in [-0.25, -0.2) is 9.97 Å². The van der Waals surface area contributed by atoms with Crippen LogP contribution in [0.3, 0.4) is 0 Å². The number of thiophene rings is 1. The van der Waals surface area contributed by atoms with Crippen molar-refractivity contribution in [3.63, 3.8) is 0 Å². The molecule has 0 spiro atoms. The van der Waals surface area contributed by atoms with Crippen LogP contribution >= 0.6 is 46.3 Å². The number of nitrogens with zero attached hydrogens (tertiary/aromatic N) is 2. The molecule has 0 saturated heterocycles. The summed E-state index contributed by atoms with van der Waals surface area (Å²) in [4.78, 5) is 23.0. The maximum absolute atomic E-state index is 12.2. The Balaban J connectivity index is 1.71. The van der Waals surface area contributed by atoms with Crippen molar-refractivity contribution in [2.24, 2.45) is 0 Å². The van der Waals surface area contributed by atoms with Gasteiger partial charge in [0, 0.05) is 16.0 Å². The number of thioether (sulfide) groups is 1. The third kappa shape index (κ3) is 3.67. The fraction of sp³-hybridized carbons (Fsp3) is 0.188. The molecule has 0 bridgehead atoms. The first-order valence-corrected chi connectivity index (χ1v) is 9.60. The highest BCUT2D eigenvalue weighted by Gasteiger charge is 2.14. The number of rotatable bonds is 4. The van der Waals surface area contributed by atoms with E-state index >= 15 is 0 Å². The summed E-state index contributed by atoms with van der Waals surface area (Å²) < 4.78 is 0. The Morgan fingerprint density at radius 3 is 2.79 bits per heavy atom. The van der Waals surface area contributed by atoms with Gasteiger partial charge in [0.1, 0.15) is 16.2 Å². The Bertz CT molecular complexity index is 927. The van der Waals surface area contributed by atoms with Crippen molar-refractivity contribution >= 4 is 68.1 Å². The number of aromatic nitrogens is 2. The molecule has 8 heteroatoms. The molecule has 1 N–H and O–H groups in total. The number of benzene rings is 1. The summed E-state index contributed by atoms with van der Waals surface area (Å²) in [7, 11) is 0. The van der Waals surface area contributed by atoms with Crippen LogP contribution in [0.5, 0.6) is 0 Å².